The zero-order valence-corrected chi connectivity index (χ0v) is 22.6. The minimum Gasteiger partial charge on any atom is -0.422 e. The SMILES string of the molecule is Cc1cccc2sc(N(CCCN3CCOCC3)C(=O)c3cc4c(ccc5ccccc54)oc3=O)nc12.Cl. The Kier molecular flexibility index (Phi) is 7.76. The number of anilines is 1. The summed E-state index contributed by atoms with van der Waals surface area (Å²) in [7, 11) is 0. The van der Waals surface area contributed by atoms with Crippen LogP contribution in [-0.4, -0.2) is 55.2 Å². The zero-order valence-electron chi connectivity index (χ0n) is 21.0. The summed E-state index contributed by atoms with van der Waals surface area (Å²) in [6, 6.07) is 19.3. The van der Waals surface area contributed by atoms with Crippen LogP contribution in [0.5, 0.6) is 0 Å². The van der Waals surface area contributed by atoms with Crippen molar-refractivity contribution in [3.63, 3.8) is 0 Å². The fourth-order valence-corrected chi connectivity index (χ4v) is 5.99. The molecule has 9 heteroatoms. The number of hydrogen-bond acceptors (Lipinski definition) is 7. The van der Waals surface area contributed by atoms with Crippen molar-refractivity contribution in [1.29, 1.82) is 0 Å². The number of para-hydroxylation sites is 1. The minimum absolute atomic E-state index is 0. The van der Waals surface area contributed by atoms with Crippen molar-refractivity contribution in [1.82, 2.24) is 9.88 Å². The van der Waals surface area contributed by atoms with Gasteiger partial charge in [0.25, 0.3) is 5.91 Å². The highest BCUT2D eigenvalue weighted by atomic mass is 35.5. The predicted molar refractivity (Wildman–Crippen MR) is 155 cm³/mol. The molecule has 1 amide bonds. The van der Waals surface area contributed by atoms with E-state index in [2.05, 4.69) is 4.90 Å². The topological polar surface area (TPSA) is 75.9 Å². The summed E-state index contributed by atoms with van der Waals surface area (Å²) in [5.41, 5.74) is 1.78. The average Bonchev–Trinajstić information content (AvgIpc) is 3.36. The van der Waals surface area contributed by atoms with Gasteiger partial charge in [0.2, 0.25) is 0 Å². The van der Waals surface area contributed by atoms with Gasteiger partial charge in [0, 0.05) is 31.6 Å². The first-order valence-corrected chi connectivity index (χ1v) is 13.3. The van der Waals surface area contributed by atoms with Crippen molar-refractivity contribution >= 4 is 66.7 Å². The maximum absolute atomic E-state index is 14.0. The molecule has 0 atom stereocenters. The van der Waals surface area contributed by atoms with E-state index >= 15 is 0 Å². The molecule has 0 saturated carbocycles. The Balaban J connectivity index is 0.00000294. The molecule has 0 aliphatic carbocycles. The molecule has 196 valence electrons. The van der Waals surface area contributed by atoms with E-state index in [0.29, 0.717) is 17.3 Å². The Morgan fingerprint density at radius 1 is 1.05 bits per heavy atom. The van der Waals surface area contributed by atoms with Gasteiger partial charge in [-0.25, -0.2) is 9.78 Å². The van der Waals surface area contributed by atoms with Gasteiger partial charge >= 0.3 is 5.63 Å². The van der Waals surface area contributed by atoms with Crippen molar-refractivity contribution in [3.8, 4) is 0 Å². The fraction of sp³-hybridized carbons (Fsp3) is 0.276. The normalized spacial score (nSPS) is 14.1. The summed E-state index contributed by atoms with van der Waals surface area (Å²) in [5.74, 6) is -0.387. The highest BCUT2D eigenvalue weighted by Crippen LogP contribution is 2.32. The number of aryl methyl sites for hydroxylation is 1. The van der Waals surface area contributed by atoms with Crippen LogP contribution in [0.25, 0.3) is 32.0 Å². The lowest BCUT2D eigenvalue weighted by Crippen LogP contribution is -2.40. The average molecular weight is 550 g/mol. The molecule has 5 aromatic rings. The van der Waals surface area contributed by atoms with Crippen molar-refractivity contribution < 1.29 is 13.9 Å². The number of halogens is 1. The van der Waals surface area contributed by atoms with Gasteiger partial charge in [0.1, 0.15) is 11.1 Å². The first-order chi connectivity index (χ1) is 18.1. The summed E-state index contributed by atoms with van der Waals surface area (Å²) in [6.07, 6.45) is 0.752. The molecule has 1 aliphatic rings. The van der Waals surface area contributed by atoms with Crippen molar-refractivity contribution in [2.75, 3.05) is 44.3 Å². The molecule has 1 saturated heterocycles. The largest absolute Gasteiger partial charge is 0.422 e. The number of rotatable bonds is 6. The Labute approximate surface area is 230 Å². The summed E-state index contributed by atoms with van der Waals surface area (Å²) in [4.78, 5) is 35.8. The van der Waals surface area contributed by atoms with Crippen LogP contribution in [0.15, 0.2) is 69.9 Å². The number of amides is 1. The summed E-state index contributed by atoms with van der Waals surface area (Å²) >= 11 is 1.47. The van der Waals surface area contributed by atoms with Crippen LogP contribution in [0.2, 0.25) is 0 Å². The van der Waals surface area contributed by atoms with Gasteiger partial charge in [-0.05, 0) is 47.9 Å². The molecule has 0 N–H and O–H groups in total. The van der Waals surface area contributed by atoms with Gasteiger partial charge in [0.05, 0.1) is 23.4 Å². The third kappa shape index (κ3) is 5.05. The molecule has 6 rings (SSSR count). The van der Waals surface area contributed by atoms with E-state index in [1.807, 2.05) is 55.5 Å². The molecular formula is C29H28ClN3O4S. The van der Waals surface area contributed by atoms with Crippen LogP contribution in [-0.2, 0) is 4.74 Å². The lowest BCUT2D eigenvalue weighted by atomic mass is 10.0. The second kappa shape index (κ2) is 11.2. The quantitative estimate of drug-likeness (QED) is 0.201. The van der Waals surface area contributed by atoms with Crippen LogP contribution in [0, 0.1) is 6.92 Å². The first kappa shape index (κ1) is 26.3. The number of morpholine rings is 1. The number of carbonyl (C=O) groups is 1. The van der Waals surface area contributed by atoms with Gasteiger partial charge in [-0.15, -0.1) is 12.4 Å². The Hall–Kier alpha value is -3.30. The van der Waals surface area contributed by atoms with Crippen molar-refractivity contribution in [3.05, 3.63) is 82.2 Å². The monoisotopic (exact) mass is 549 g/mol. The lowest BCUT2D eigenvalue weighted by Gasteiger charge is -2.27. The Morgan fingerprint density at radius 3 is 2.68 bits per heavy atom. The molecule has 2 aromatic heterocycles. The number of fused-ring (bicyclic) bond motifs is 4. The van der Waals surface area contributed by atoms with E-state index < -0.39 is 5.63 Å². The van der Waals surface area contributed by atoms with E-state index in [-0.39, 0.29) is 23.9 Å². The molecule has 0 radical (unpaired) electrons. The maximum Gasteiger partial charge on any atom is 0.349 e. The van der Waals surface area contributed by atoms with Crippen molar-refractivity contribution in [2.24, 2.45) is 0 Å². The lowest BCUT2D eigenvalue weighted by molar-refractivity contribution is 0.0376. The molecule has 1 aliphatic heterocycles. The van der Waals surface area contributed by atoms with Crippen LogP contribution in [0.1, 0.15) is 22.3 Å². The van der Waals surface area contributed by atoms with Crippen LogP contribution >= 0.6 is 23.7 Å². The fourth-order valence-electron chi connectivity index (χ4n) is 4.92. The standard InChI is InChI=1S/C29H27N3O4S.ClH/c1-19-6-4-9-25-26(19)30-29(37-25)32(13-5-12-31-14-16-35-17-15-31)27(33)23-18-22-21-8-3-2-7-20(21)10-11-24(22)36-28(23)34;/h2-4,6-11,18H,5,12-17H2,1H3;1H. The van der Waals surface area contributed by atoms with Crippen LogP contribution in [0.4, 0.5) is 5.13 Å². The zero-order chi connectivity index (χ0) is 25.4. The summed E-state index contributed by atoms with van der Waals surface area (Å²) < 4.78 is 12.1. The second-order valence-corrected chi connectivity index (χ2v) is 10.3. The number of hydrogen-bond donors (Lipinski definition) is 0. The molecule has 38 heavy (non-hydrogen) atoms. The molecule has 7 nitrogen and oxygen atoms in total. The molecular weight excluding hydrogens is 522 g/mol. The highest BCUT2D eigenvalue weighted by molar-refractivity contribution is 7.22. The number of aromatic nitrogens is 1. The summed E-state index contributed by atoms with van der Waals surface area (Å²) in [5, 5.41) is 3.29. The first-order valence-electron chi connectivity index (χ1n) is 12.5. The molecule has 3 heterocycles. The number of thiazole rings is 1. The molecule has 1 fully saturated rings. The van der Waals surface area contributed by atoms with E-state index in [9.17, 15) is 9.59 Å². The van der Waals surface area contributed by atoms with Crippen molar-refractivity contribution in [2.45, 2.75) is 13.3 Å². The van der Waals surface area contributed by atoms with E-state index in [4.69, 9.17) is 14.1 Å². The summed E-state index contributed by atoms with van der Waals surface area (Å²) in [6.45, 7) is 6.53. The highest BCUT2D eigenvalue weighted by Gasteiger charge is 2.26. The molecule has 0 bridgehead atoms. The van der Waals surface area contributed by atoms with Gasteiger partial charge < -0.3 is 9.15 Å². The van der Waals surface area contributed by atoms with E-state index in [0.717, 1.165) is 71.2 Å². The van der Waals surface area contributed by atoms with Gasteiger partial charge in [-0.2, -0.15) is 0 Å². The number of nitrogens with zero attached hydrogens (tertiary/aromatic N) is 3. The van der Waals surface area contributed by atoms with Gasteiger partial charge in [-0.1, -0.05) is 53.8 Å². The van der Waals surface area contributed by atoms with E-state index in [1.54, 1.807) is 17.0 Å². The van der Waals surface area contributed by atoms with Crippen LogP contribution in [0.3, 0.4) is 0 Å². The minimum atomic E-state index is -0.636. The number of carbonyl (C=O) groups excluding carboxylic acids is 1. The smallest absolute Gasteiger partial charge is 0.349 e. The third-order valence-corrected chi connectivity index (χ3v) is 7.96. The maximum atomic E-state index is 14.0. The number of ether oxygens (including phenoxy) is 1. The third-order valence-electron chi connectivity index (χ3n) is 6.92. The van der Waals surface area contributed by atoms with E-state index in [1.165, 1.54) is 11.3 Å². The number of benzene rings is 3. The molecule has 0 spiro atoms. The van der Waals surface area contributed by atoms with Crippen LogP contribution < -0.4 is 10.5 Å². The predicted octanol–water partition coefficient (Wildman–Crippen LogP) is 5.66. The van der Waals surface area contributed by atoms with Gasteiger partial charge in [0.15, 0.2) is 5.13 Å². The Bertz CT molecular complexity index is 1680. The van der Waals surface area contributed by atoms with Gasteiger partial charge in [-0.3, -0.25) is 14.6 Å². The second-order valence-electron chi connectivity index (χ2n) is 9.33. The molecule has 3 aromatic carbocycles. The molecule has 0 unspecified atom stereocenters. The Morgan fingerprint density at radius 2 is 1.87 bits per heavy atom.